The van der Waals surface area contributed by atoms with E-state index in [0.29, 0.717) is 28.7 Å². The van der Waals surface area contributed by atoms with Crippen LogP contribution in [0.2, 0.25) is 0 Å². The Morgan fingerprint density at radius 2 is 1.95 bits per heavy atom. The molecule has 7 heteroatoms. The van der Waals surface area contributed by atoms with Crippen molar-refractivity contribution >= 4 is 11.3 Å². The Morgan fingerprint density at radius 3 is 2.81 bits per heavy atom. The number of nitrogen functional groups attached to an aromatic ring is 1. The van der Waals surface area contributed by atoms with Crippen molar-refractivity contribution in [3.8, 4) is 23.0 Å². The molecule has 0 fully saturated rings. The van der Waals surface area contributed by atoms with Gasteiger partial charge in [0.15, 0.2) is 11.3 Å². The van der Waals surface area contributed by atoms with E-state index in [0.717, 1.165) is 5.56 Å². The van der Waals surface area contributed by atoms with Crippen molar-refractivity contribution in [3.05, 3.63) is 49.1 Å². The van der Waals surface area contributed by atoms with Gasteiger partial charge < -0.3 is 14.7 Å². The number of hydrogen-bond acceptors (Lipinski definition) is 6. The SMILES string of the molecule is Nc1cccc(-c2noc(-c3nccn4ccnc34)n2)c1. The number of hydrogen-bond donors (Lipinski definition) is 1. The van der Waals surface area contributed by atoms with Crippen LogP contribution in [0.4, 0.5) is 5.69 Å². The van der Waals surface area contributed by atoms with E-state index in [2.05, 4.69) is 20.1 Å². The van der Waals surface area contributed by atoms with Gasteiger partial charge in [-0.25, -0.2) is 9.97 Å². The summed E-state index contributed by atoms with van der Waals surface area (Å²) in [4.78, 5) is 12.9. The van der Waals surface area contributed by atoms with E-state index in [9.17, 15) is 0 Å². The van der Waals surface area contributed by atoms with Gasteiger partial charge >= 0.3 is 0 Å². The van der Waals surface area contributed by atoms with E-state index in [-0.39, 0.29) is 0 Å². The number of aromatic nitrogens is 5. The fourth-order valence-electron chi connectivity index (χ4n) is 2.12. The molecule has 7 nitrogen and oxygen atoms in total. The molecule has 3 heterocycles. The van der Waals surface area contributed by atoms with Gasteiger partial charge in [0.1, 0.15) is 0 Å². The molecule has 0 saturated carbocycles. The van der Waals surface area contributed by atoms with Crippen LogP contribution in [0.25, 0.3) is 28.6 Å². The molecule has 0 aliphatic rings. The van der Waals surface area contributed by atoms with Crippen LogP contribution in [0.5, 0.6) is 0 Å². The molecule has 0 bridgehead atoms. The number of nitrogens with two attached hydrogens (primary N) is 1. The van der Waals surface area contributed by atoms with Crippen LogP contribution >= 0.6 is 0 Å². The van der Waals surface area contributed by atoms with E-state index >= 15 is 0 Å². The molecule has 4 rings (SSSR count). The molecule has 0 atom stereocenters. The highest BCUT2D eigenvalue weighted by atomic mass is 16.5. The number of nitrogens with zero attached hydrogens (tertiary/aromatic N) is 5. The smallest absolute Gasteiger partial charge is 0.280 e. The Morgan fingerprint density at radius 1 is 1.10 bits per heavy atom. The van der Waals surface area contributed by atoms with Crippen molar-refractivity contribution in [3.63, 3.8) is 0 Å². The van der Waals surface area contributed by atoms with Crippen LogP contribution in [0.15, 0.2) is 53.6 Å². The van der Waals surface area contributed by atoms with Crippen LogP contribution in [0.1, 0.15) is 0 Å². The van der Waals surface area contributed by atoms with Crippen LogP contribution in [0, 0.1) is 0 Å². The first-order valence-corrected chi connectivity index (χ1v) is 6.29. The topological polar surface area (TPSA) is 95.1 Å². The maximum atomic E-state index is 5.76. The lowest BCUT2D eigenvalue weighted by molar-refractivity contribution is 0.431. The van der Waals surface area contributed by atoms with Crippen molar-refractivity contribution in [2.45, 2.75) is 0 Å². The number of benzene rings is 1. The van der Waals surface area contributed by atoms with Crippen LogP contribution in [-0.2, 0) is 0 Å². The highest BCUT2D eigenvalue weighted by molar-refractivity contribution is 5.69. The van der Waals surface area contributed by atoms with Gasteiger partial charge in [-0.3, -0.25) is 0 Å². The molecule has 3 aromatic heterocycles. The quantitative estimate of drug-likeness (QED) is 0.564. The normalized spacial score (nSPS) is 11.0. The minimum absolute atomic E-state index is 0.323. The summed E-state index contributed by atoms with van der Waals surface area (Å²) in [7, 11) is 0. The largest absolute Gasteiger partial charge is 0.399 e. The second kappa shape index (κ2) is 4.41. The van der Waals surface area contributed by atoms with E-state index in [1.807, 2.05) is 22.7 Å². The highest BCUT2D eigenvalue weighted by Crippen LogP contribution is 2.24. The first-order chi connectivity index (χ1) is 10.3. The summed E-state index contributed by atoms with van der Waals surface area (Å²) in [5.74, 6) is 0.789. The van der Waals surface area contributed by atoms with Gasteiger partial charge in [-0.2, -0.15) is 4.98 Å². The third-order valence-electron chi connectivity index (χ3n) is 3.08. The van der Waals surface area contributed by atoms with Gasteiger partial charge in [0.2, 0.25) is 5.82 Å². The molecule has 21 heavy (non-hydrogen) atoms. The first-order valence-electron chi connectivity index (χ1n) is 6.29. The van der Waals surface area contributed by atoms with E-state index in [4.69, 9.17) is 10.3 Å². The summed E-state index contributed by atoms with van der Waals surface area (Å²) in [6.07, 6.45) is 6.99. The van der Waals surface area contributed by atoms with Gasteiger partial charge in [0, 0.05) is 36.0 Å². The lowest BCUT2D eigenvalue weighted by Crippen LogP contribution is -1.91. The molecule has 0 amide bonds. The molecular weight excluding hydrogens is 268 g/mol. The second-order valence-electron chi connectivity index (χ2n) is 4.48. The molecule has 2 N–H and O–H groups in total. The molecule has 0 aliphatic heterocycles. The maximum absolute atomic E-state index is 5.76. The number of fused-ring (bicyclic) bond motifs is 1. The van der Waals surface area contributed by atoms with E-state index in [1.165, 1.54) is 0 Å². The van der Waals surface area contributed by atoms with Crippen molar-refractivity contribution in [1.29, 1.82) is 0 Å². The summed E-state index contributed by atoms with van der Waals surface area (Å²) in [5, 5.41) is 3.98. The van der Waals surface area contributed by atoms with E-state index in [1.54, 1.807) is 30.7 Å². The molecule has 1 aromatic carbocycles. The maximum Gasteiger partial charge on any atom is 0.280 e. The summed E-state index contributed by atoms with van der Waals surface area (Å²) in [6, 6.07) is 7.30. The third kappa shape index (κ3) is 1.91. The third-order valence-corrected chi connectivity index (χ3v) is 3.08. The van der Waals surface area contributed by atoms with Gasteiger partial charge in [-0.15, -0.1) is 0 Å². The van der Waals surface area contributed by atoms with Crippen molar-refractivity contribution in [2.75, 3.05) is 5.73 Å². The summed E-state index contributed by atoms with van der Waals surface area (Å²) in [5.41, 5.74) is 8.41. The van der Waals surface area contributed by atoms with Gasteiger partial charge in [-0.1, -0.05) is 17.3 Å². The van der Waals surface area contributed by atoms with Crippen molar-refractivity contribution in [1.82, 2.24) is 24.5 Å². The zero-order valence-corrected chi connectivity index (χ0v) is 10.8. The lowest BCUT2D eigenvalue weighted by atomic mass is 10.2. The zero-order valence-electron chi connectivity index (χ0n) is 10.8. The van der Waals surface area contributed by atoms with Crippen LogP contribution in [-0.4, -0.2) is 24.5 Å². The minimum Gasteiger partial charge on any atom is -0.399 e. The Balaban J connectivity index is 1.83. The Labute approximate surface area is 119 Å². The Bertz CT molecular complexity index is 926. The van der Waals surface area contributed by atoms with Gasteiger partial charge in [-0.05, 0) is 12.1 Å². The zero-order chi connectivity index (χ0) is 14.2. The molecule has 0 spiro atoms. The monoisotopic (exact) mass is 278 g/mol. The summed E-state index contributed by atoms with van der Waals surface area (Å²) >= 11 is 0. The number of imidazole rings is 1. The Kier molecular flexibility index (Phi) is 2.43. The summed E-state index contributed by atoms with van der Waals surface area (Å²) < 4.78 is 7.14. The van der Waals surface area contributed by atoms with Gasteiger partial charge in [0.05, 0.1) is 0 Å². The Hall–Kier alpha value is -3.22. The molecule has 4 aromatic rings. The molecule has 0 unspecified atom stereocenters. The minimum atomic E-state index is 0.323. The van der Waals surface area contributed by atoms with Crippen molar-refractivity contribution in [2.24, 2.45) is 0 Å². The molecule has 0 aliphatic carbocycles. The molecule has 102 valence electrons. The van der Waals surface area contributed by atoms with Gasteiger partial charge in [0.25, 0.3) is 5.89 Å². The fourth-order valence-corrected chi connectivity index (χ4v) is 2.12. The predicted molar refractivity (Wildman–Crippen MR) is 76.1 cm³/mol. The average molecular weight is 278 g/mol. The molecule has 0 radical (unpaired) electrons. The number of rotatable bonds is 2. The molecule has 0 saturated heterocycles. The van der Waals surface area contributed by atoms with Crippen LogP contribution < -0.4 is 5.73 Å². The lowest BCUT2D eigenvalue weighted by Gasteiger charge is -1.97. The standard InChI is InChI=1S/C14H10N6O/c15-10-3-1-2-9(8-10)12-18-14(21-19-12)11-13-17-5-7-20(13)6-4-16-11/h1-8H,15H2. The van der Waals surface area contributed by atoms with Crippen LogP contribution in [0.3, 0.4) is 0 Å². The first kappa shape index (κ1) is 11.6. The highest BCUT2D eigenvalue weighted by Gasteiger charge is 2.15. The summed E-state index contributed by atoms with van der Waals surface area (Å²) in [6.45, 7) is 0. The predicted octanol–water partition coefficient (Wildman–Crippen LogP) is 2.03. The van der Waals surface area contributed by atoms with Crippen molar-refractivity contribution < 1.29 is 4.52 Å². The number of anilines is 1. The molecular formula is C14H10N6O. The van der Waals surface area contributed by atoms with E-state index < -0.39 is 0 Å². The fraction of sp³-hybridized carbons (Fsp3) is 0. The average Bonchev–Trinajstić information content (AvgIpc) is 3.16. The second-order valence-corrected chi connectivity index (χ2v) is 4.48.